The van der Waals surface area contributed by atoms with E-state index < -0.39 is 0 Å². The standard InChI is InChI=1S/C78H90BN3O/c1-70(2,3)47-24-28-62-59(38-47)77(16)30-20-21-31-78(77,17)82(62)50-41-65-69-66(42-50)81(49-25-27-53-54(40-49)72(6,7)33-32-71(53,4)5)64-46-58-56(74(10,11)35-37-76(58,14)15)44-61(64)79(69)60-43-55-57(75(12,13)36-34-73(55,8)9)45-63(60)80(65)48-26-29-68-52(39-48)51-22-18-19-23-67(51)83-68/h18-19,22-29,38-46H,20-21,30-37H2,1-17H3. The quantitative estimate of drug-likeness (QED) is 0.165. The van der Waals surface area contributed by atoms with Gasteiger partial charge in [0.2, 0.25) is 0 Å². The van der Waals surface area contributed by atoms with Gasteiger partial charge in [-0.3, -0.25) is 0 Å². The lowest BCUT2D eigenvalue weighted by atomic mass is 9.32. The van der Waals surface area contributed by atoms with E-state index in [0.717, 1.165) is 47.6 Å². The van der Waals surface area contributed by atoms with Crippen LogP contribution in [-0.4, -0.2) is 12.3 Å². The van der Waals surface area contributed by atoms with Gasteiger partial charge in [-0.1, -0.05) is 172 Å². The zero-order valence-electron chi connectivity index (χ0n) is 53.4. The van der Waals surface area contributed by atoms with Gasteiger partial charge in [-0.25, -0.2) is 0 Å². The van der Waals surface area contributed by atoms with Crippen molar-refractivity contribution in [3.63, 3.8) is 0 Å². The lowest BCUT2D eigenvalue weighted by molar-refractivity contribution is 0.195. The van der Waals surface area contributed by atoms with E-state index in [9.17, 15) is 0 Å². The van der Waals surface area contributed by atoms with Crippen molar-refractivity contribution in [2.24, 2.45) is 0 Å². The van der Waals surface area contributed by atoms with Gasteiger partial charge in [0.05, 0.1) is 5.54 Å². The molecule has 7 aromatic carbocycles. The third-order valence-electron chi connectivity index (χ3n) is 23.9. The van der Waals surface area contributed by atoms with E-state index in [1.165, 1.54) is 145 Å². The Bertz CT molecular complexity index is 4120. The molecule has 7 aliphatic rings. The normalized spacial score (nSPS) is 24.3. The average molecular weight is 1100 g/mol. The summed E-state index contributed by atoms with van der Waals surface area (Å²) >= 11 is 0. The molecular weight excluding hydrogens is 1010 g/mol. The van der Waals surface area contributed by atoms with Crippen molar-refractivity contribution in [1.82, 2.24) is 0 Å². The van der Waals surface area contributed by atoms with Gasteiger partial charge < -0.3 is 19.1 Å². The van der Waals surface area contributed by atoms with E-state index in [2.05, 4.69) is 248 Å². The molecule has 1 fully saturated rings. The Morgan fingerprint density at radius 3 is 1.43 bits per heavy atom. The first-order valence-corrected chi connectivity index (χ1v) is 32.1. The van der Waals surface area contributed by atoms with Crippen molar-refractivity contribution >= 4 is 90.5 Å². The zero-order valence-corrected chi connectivity index (χ0v) is 53.4. The maximum Gasteiger partial charge on any atom is 0.252 e. The molecule has 5 heteroatoms. The van der Waals surface area contributed by atoms with Crippen molar-refractivity contribution in [1.29, 1.82) is 0 Å². The molecule has 83 heavy (non-hydrogen) atoms. The van der Waals surface area contributed by atoms with Crippen LogP contribution in [0.5, 0.6) is 0 Å². The van der Waals surface area contributed by atoms with Crippen LogP contribution in [-0.2, 0) is 43.3 Å². The Labute approximate surface area is 497 Å². The first kappa shape index (κ1) is 53.5. The van der Waals surface area contributed by atoms with E-state index in [-0.39, 0.29) is 55.6 Å². The van der Waals surface area contributed by atoms with Crippen molar-refractivity contribution < 1.29 is 4.42 Å². The van der Waals surface area contributed by atoms with Crippen LogP contribution >= 0.6 is 0 Å². The second-order valence-corrected chi connectivity index (χ2v) is 32.9. The predicted octanol–water partition coefficient (Wildman–Crippen LogP) is 19.8. The molecule has 4 nitrogen and oxygen atoms in total. The summed E-state index contributed by atoms with van der Waals surface area (Å²) in [6, 6.07) is 47.3. The van der Waals surface area contributed by atoms with Crippen molar-refractivity contribution in [3.05, 3.63) is 160 Å². The molecule has 0 N–H and O–H groups in total. The topological polar surface area (TPSA) is 22.9 Å². The number of benzene rings is 7. The van der Waals surface area contributed by atoms with Crippen molar-refractivity contribution in [3.8, 4) is 0 Å². The number of fused-ring (bicyclic) bond motifs is 13. The van der Waals surface area contributed by atoms with Crippen LogP contribution in [0.25, 0.3) is 21.9 Å². The molecule has 426 valence electrons. The lowest BCUT2D eigenvalue weighted by Gasteiger charge is -2.52. The molecule has 1 saturated carbocycles. The van der Waals surface area contributed by atoms with Gasteiger partial charge in [-0.05, 0) is 224 Å². The smallest absolute Gasteiger partial charge is 0.252 e. The molecule has 1 aromatic heterocycles. The van der Waals surface area contributed by atoms with Crippen LogP contribution < -0.4 is 31.1 Å². The van der Waals surface area contributed by atoms with Gasteiger partial charge in [0, 0.05) is 61.7 Å². The number of para-hydroxylation sites is 1. The Hall–Kier alpha value is -6.20. The van der Waals surface area contributed by atoms with E-state index in [1.54, 1.807) is 0 Å². The Morgan fingerprint density at radius 1 is 0.386 bits per heavy atom. The van der Waals surface area contributed by atoms with Gasteiger partial charge in [-0.15, -0.1) is 0 Å². The Balaban J connectivity index is 1.11. The second kappa shape index (κ2) is 16.8. The van der Waals surface area contributed by atoms with Gasteiger partial charge in [0.25, 0.3) is 6.71 Å². The van der Waals surface area contributed by atoms with E-state index in [4.69, 9.17) is 4.42 Å². The summed E-state index contributed by atoms with van der Waals surface area (Å²) in [4.78, 5) is 8.42. The maximum atomic E-state index is 6.66. The Kier molecular flexibility index (Phi) is 10.8. The van der Waals surface area contributed by atoms with Crippen LogP contribution in [0.2, 0.25) is 0 Å². The third kappa shape index (κ3) is 7.36. The molecular formula is C78H90BN3O. The summed E-state index contributed by atoms with van der Waals surface area (Å²) in [6.07, 6.45) is 11.8. The highest BCUT2D eigenvalue weighted by atomic mass is 16.3. The van der Waals surface area contributed by atoms with Gasteiger partial charge in [0.1, 0.15) is 11.2 Å². The molecule has 4 aliphatic carbocycles. The second-order valence-electron chi connectivity index (χ2n) is 32.9. The largest absolute Gasteiger partial charge is 0.456 e. The fourth-order valence-electron chi connectivity index (χ4n) is 18.0. The van der Waals surface area contributed by atoms with Crippen LogP contribution in [0, 0.1) is 0 Å². The summed E-state index contributed by atoms with van der Waals surface area (Å²) in [5.41, 5.74) is 28.4. The lowest BCUT2D eigenvalue weighted by Crippen LogP contribution is -2.62. The van der Waals surface area contributed by atoms with E-state index >= 15 is 0 Å². The van der Waals surface area contributed by atoms with Gasteiger partial charge in [0.15, 0.2) is 0 Å². The van der Waals surface area contributed by atoms with E-state index in [0.29, 0.717) is 0 Å². The summed E-state index contributed by atoms with van der Waals surface area (Å²) in [6.45, 7) is 42.5. The van der Waals surface area contributed by atoms with Crippen LogP contribution in [0.3, 0.4) is 0 Å². The third-order valence-corrected chi connectivity index (χ3v) is 23.9. The molecule has 2 atom stereocenters. The Morgan fingerprint density at radius 2 is 0.867 bits per heavy atom. The molecule has 2 unspecified atom stereocenters. The van der Waals surface area contributed by atoms with E-state index in [1.807, 2.05) is 0 Å². The zero-order chi connectivity index (χ0) is 58.3. The number of hydrogen-bond acceptors (Lipinski definition) is 4. The highest BCUT2D eigenvalue weighted by molar-refractivity contribution is 7.00. The molecule has 8 aromatic rings. The van der Waals surface area contributed by atoms with Crippen LogP contribution in [0.1, 0.15) is 226 Å². The number of nitrogens with zero attached hydrogens (tertiary/aromatic N) is 3. The van der Waals surface area contributed by atoms with Crippen LogP contribution in [0.4, 0.5) is 45.5 Å². The van der Waals surface area contributed by atoms with Crippen molar-refractivity contribution in [2.45, 2.75) is 231 Å². The number of furan rings is 1. The maximum absolute atomic E-state index is 6.66. The number of hydrogen-bond donors (Lipinski definition) is 0. The molecule has 15 rings (SSSR count). The van der Waals surface area contributed by atoms with Gasteiger partial charge in [-0.2, -0.15) is 0 Å². The SMILES string of the molecule is CC(C)(C)c1ccc2c(c1)C1(C)CCCCC1(C)N2c1cc2c3c(c1)N(c1ccc4oc5ccccc5c4c1)c1cc4c(cc1B3c1cc3c(cc1N2c1ccc2c(c1)C(C)(C)CCC2(C)C)C(C)(C)CCC3(C)C)C(C)(C)CCC4(C)C. The minimum absolute atomic E-state index is 0.000500. The van der Waals surface area contributed by atoms with Gasteiger partial charge >= 0.3 is 0 Å². The summed E-state index contributed by atoms with van der Waals surface area (Å²) < 4.78 is 6.66. The molecule has 0 radical (unpaired) electrons. The molecule has 0 bridgehead atoms. The molecule has 4 heterocycles. The monoisotopic (exact) mass is 1100 g/mol. The first-order chi connectivity index (χ1) is 38.9. The highest BCUT2D eigenvalue weighted by Crippen LogP contribution is 2.63. The fraction of sp³-hybridized carbons (Fsp3) is 0.462. The summed E-state index contributed by atoms with van der Waals surface area (Å²) in [5.74, 6) is 0. The number of anilines is 8. The fourth-order valence-corrected chi connectivity index (χ4v) is 18.0. The molecule has 3 aliphatic heterocycles. The first-order valence-electron chi connectivity index (χ1n) is 32.1. The minimum Gasteiger partial charge on any atom is -0.456 e. The summed E-state index contributed by atoms with van der Waals surface area (Å²) in [5, 5.41) is 2.31. The molecule has 0 amide bonds. The predicted molar refractivity (Wildman–Crippen MR) is 355 cm³/mol. The average Bonchev–Trinajstić information content (AvgIpc) is 2.52. The molecule has 0 spiro atoms. The van der Waals surface area contributed by atoms with Crippen LogP contribution in [0.15, 0.2) is 120 Å². The molecule has 0 saturated heterocycles. The van der Waals surface area contributed by atoms with Crippen molar-refractivity contribution in [2.75, 3.05) is 14.7 Å². The highest BCUT2D eigenvalue weighted by Gasteiger charge is 2.59. The summed E-state index contributed by atoms with van der Waals surface area (Å²) in [7, 11) is 0. The minimum atomic E-state index is -0.168. The number of rotatable bonds is 3.